The van der Waals surface area contributed by atoms with Crippen LogP contribution < -0.4 is 5.32 Å². The lowest BCUT2D eigenvalue weighted by molar-refractivity contribution is 0.177. The summed E-state index contributed by atoms with van der Waals surface area (Å²) in [6.45, 7) is 3.26. The molecule has 0 aliphatic carbocycles. The van der Waals surface area contributed by atoms with Gasteiger partial charge in [-0.25, -0.2) is 4.39 Å². The molecule has 0 spiro atoms. The summed E-state index contributed by atoms with van der Waals surface area (Å²) in [7, 11) is 0. The van der Waals surface area contributed by atoms with Gasteiger partial charge in [-0.3, -0.25) is 4.90 Å². The third kappa shape index (κ3) is 2.94. The van der Waals surface area contributed by atoms with Gasteiger partial charge in [-0.2, -0.15) is 0 Å². The molecule has 1 saturated heterocycles. The molecule has 1 aliphatic heterocycles. The summed E-state index contributed by atoms with van der Waals surface area (Å²) in [5.41, 5.74) is 0.376. The van der Waals surface area contributed by atoms with Crippen LogP contribution >= 0.6 is 23.2 Å². The number of hydrogen-bond donors (Lipinski definition) is 1. The lowest BCUT2D eigenvalue weighted by atomic mass is 10.0. The SMILES string of the molecule is Fc1ccc(Cl)c(Cl)c1[C@H](c1ccco1)N1CCNCC1. The van der Waals surface area contributed by atoms with Gasteiger partial charge in [0.05, 0.1) is 22.4 Å². The molecule has 2 aromatic rings. The number of nitrogens with zero attached hydrogens (tertiary/aromatic N) is 1. The molecule has 3 rings (SSSR count). The van der Waals surface area contributed by atoms with Crippen molar-refractivity contribution in [2.24, 2.45) is 0 Å². The summed E-state index contributed by atoms with van der Waals surface area (Å²) in [6.07, 6.45) is 1.58. The Morgan fingerprint density at radius 3 is 2.62 bits per heavy atom. The molecular formula is C15H15Cl2FN2O. The zero-order chi connectivity index (χ0) is 14.8. The van der Waals surface area contributed by atoms with Gasteiger partial charge in [0.25, 0.3) is 0 Å². The van der Waals surface area contributed by atoms with Crippen LogP contribution in [0.3, 0.4) is 0 Å². The lowest BCUT2D eigenvalue weighted by Crippen LogP contribution is -2.45. The van der Waals surface area contributed by atoms with E-state index in [2.05, 4.69) is 10.2 Å². The Kier molecular flexibility index (Phi) is 4.50. The third-order valence-electron chi connectivity index (χ3n) is 3.68. The maximum absolute atomic E-state index is 14.4. The minimum Gasteiger partial charge on any atom is -0.467 e. The maximum Gasteiger partial charge on any atom is 0.130 e. The molecule has 1 aromatic heterocycles. The summed E-state index contributed by atoms with van der Waals surface area (Å²) >= 11 is 12.3. The van der Waals surface area contributed by atoms with E-state index in [1.54, 1.807) is 12.3 Å². The molecule has 1 aromatic carbocycles. The Balaban J connectivity index is 2.09. The molecule has 1 N–H and O–H groups in total. The number of nitrogens with one attached hydrogen (secondary N) is 1. The van der Waals surface area contributed by atoms with Crippen molar-refractivity contribution < 1.29 is 8.81 Å². The zero-order valence-corrected chi connectivity index (χ0v) is 12.8. The minimum atomic E-state index is -0.371. The number of piperazine rings is 1. The fraction of sp³-hybridized carbons (Fsp3) is 0.333. The van der Waals surface area contributed by atoms with Crippen LogP contribution in [0.25, 0.3) is 0 Å². The number of hydrogen-bond acceptors (Lipinski definition) is 3. The summed E-state index contributed by atoms with van der Waals surface area (Å²) in [5, 5.41) is 3.88. The first-order chi connectivity index (χ1) is 10.2. The molecular weight excluding hydrogens is 314 g/mol. The predicted molar refractivity (Wildman–Crippen MR) is 81.4 cm³/mol. The van der Waals surface area contributed by atoms with Crippen molar-refractivity contribution in [3.8, 4) is 0 Å². The molecule has 0 amide bonds. The Labute approximate surface area is 132 Å². The van der Waals surface area contributed by atoms with Crippen molar-refractivity contribution in [3.05, 3.63) is 57.7 Å². The van der Waals surface area contributed by atoms with Crippen LogP contribution in [0.4, 0.5) is 4.39 Å². The van der Waals surface area contributed by atoms with Gasteiger partial charge >= 0.3 is 0 Å². The largest absolute Gasteiger partial charge is 0.467 e. The van der Waals surface area contributed by atoms with E-state index in [1.807, 2.05) is 6.07 Å². The fourth-order valence-corrected chi connectivity index (χ4v) is 3.11. The van der Waals surface area contributed by atoms with Gasteiger partial charge in [0.2, 0.25) is 0 Å². The Bertz CT molecular complexity index is 612. The second kappa shape index (κ2) is 6.36. The number of halogens is 3. The highest BCUT2D eigenvalue weighted by atomic mass is 35.5. The van der Waals surface area contributed by atoms with E-state index in [0.717, 1.165) is 26.2 Å². The zero-order valence-electron chi connectivity index (χ0n) is 11.3. The van der Waals surface area contributed by atoms with Gasteiger partial charge < -0.3 is 9.73 Å². The molecule has 2 heterocycles. The van der Waals surface area contributed by atoms with Gasteiger partial charge in [0.15, 0.2) is 0 Å². The van der Waals surface area contributed by atoms with Crippen molar-refractivity contribution in [2.45, 2.75) is 6.04 Å². The smallest absolute Gasteiger partial charge is 0.130 e. The average Bonchev–Trinajstić information content (AvgIpc) is 3.02. The quantitative estimate of drug-likeness (QED) is 0.870. The van der Waals surface area contributed by atoms with Gasteiger partial charge in [0, 0.05) is 31.7 Å². The minimum absolute atomic E-state index is 0.247. The van der Waals surface area contributed by atoms with E-state index in [4.69, 9.17) is 27.6 Å². The lowest BCUT2D eigenvalue weighted by Gasteiger charge is -2.34. The van der Waals surface area contributed by atoms with Gasteiger partial charge in [-0.15, -0.1) is 0 Å². The molecule has 0 radical (unpaired) electrons. The monoisotopic (exact) mass is 328 g/mol. The standard InChI is InChI=1S/C15H15Cl2FN2O/c16-10-3-4-11(18)13(14(10)17)15(12-2-1-9-21-12)20-7-5-19-6-8-20/h1-4,9,15,19H,5-8H2/t15-/m0/s1. The van der Waals surface area contributed by atoms with E-state index in [-0.39, 0.29) is 16.9 Å². The first-order valence-electron chi connectivity index (χ1n) is 6.80. The molecule has 1 atom stereocenters. The van der Waals surface area contributed by atoms with Gasteiger partial charge in [-0.1, -0.05) is 23.2 Å². The normalized spacial score (nSPS) is 17.9. The first kappa shape index (κ1) is 14.9. The number of benzene rings is 1. The highest BCUT2D eigenvalue weighted by molar-refractivity contribution is 6.42. The molecule has 112 valence electrons. The summed E-state index contributed by atoms with van der Waals surface area (Å²) < 4.78 is 19.9. The van der Waals surface area contributed by atoms with Crippen LogP contribution in [-0.2, 0) is 0 Å². The van der Waals surface area contributed by atoms with Crippen molar-refractivity contribution in [2.75, 3.05) is 26.2 Å². The van der Waals surface area contributed by atoms with Crippen LogP contribution in [0.15, 0.2) is 34.9 Å². The molecule has 0 bridgehead atoms. The maximum atomic E-state index is 14.4. The first-order valence-corrected chi connectivity index (χ1v) is 7.55. The van der Waals surface area contributed by atoms with Crippen LogP contribution in [-0.4, -0.2) is 31.1 Å². The van der Waals surface area contributed by atoms with Crippen LogP contribution in [0.2, 0.25) is 10.0 Å². The van der Waals surface area contributed by atoms with Crippen LogP contribution in [0, 0.1) is 5.82 Å². The average molecular weight is 329 g/mol. The van der Waals surface area contributed by atoms with Crippen molar-refractivity contribution in [1.82, 2.24) is 10.2 Å². The molecule has 1 fully saturated rings. The predicted octanol–water partition coefficient (Wildman–Crippen LogP) is 3.72. The van der Waals surface area contributed by atoms with Crippen LogP contribution in [0.1, 0.15) is 17.4 Å². The molecule has 0 unspecified atom stereocenters. The molecule has 21 heavy (non-hydrogen) atoms. The van der Waals surface area contributed by atoms with Gasteiger partial charge in [-0.05, 0) is 24.3 Å². The summed E-state index contributed by atoms with van der Waals surface area (Å²) in [5.74, 6) is 0.296. The second-order valence-corrected chi connectivity index (χ2v) is 5.75. The van der Waals surface area contributed by atoms with Crippen molar-refractivity contribution in [1.29, 1.82) is 0 Å². The molecule has 1 aliphatic rings. The number of furan rings is 1. The fourth-order valence-electron chi connectivity index (χ4n) is 2.69. The Hall–Kier alpha value is -1.07. The van der Waals surface area contributed by atoms with E-state index >= 15 is 0 Å². The third-order valence-corrected chi connectivity index (χ3v) is 4.50. The topological polar surface area (TPSA) is 28.4 Å². The van der Waals surface area contributed by atoms with E-state index in [1.165, 1.54) is 12.1 Å². The second-order valence-electron chi connectivity index (χ2n) is 4.96. The van der Waals surface area contributed by atoms with Crippen LogP contribution in [0.5, 0.6) is 0 Å². The summed E-state index contributed by atoms with van der Waals surface area (Å²) in [4.78, 5) is 2.15. The molecule has 0 saturated carbocycles. The van der Waals surface area contributed by atoms with E-state index in [9.17, 15) is 4.39 Å². The molecule has 3 nitrogen and oxygen atoms in total. The highest BCUT2D eigenvalue weighted by Gasteiger charge is 2.31. The Morgan fingerprint density at radius 1 is 1.19 bits per heavy atom. The summed E-state index contributed by atoms with van der Waals surface area (Å²) in [6, 6.07) is 6.08. The Morgan fingerprint density at radius 2 is 1.95 bits per heavy atom. The molecule has 6 heteroatoms. The van der Waals surface area contributed by atoms with E-state index < -0.39 is 0 Å². The van der Waals surface area contributed by atoms with E-state index in [0.29, 0.717) is 16.3 Å². The van der Waals surface area contributed by atoms with Gasteiger partial charge in [0.1, 0.15) is 11.6 Å². The van der Waals surface area contributed by atoms with Crippen molar-refractivity contribution in [3.63, 3.8) is 0 Å². The number of rotatable bonds is 3. The highest BCUT2D eigenvalue weighted by Crippen LogP contribution is 2.38. The van der Waals surface area contributed by atoms with Crippen molar-refractivity contribution >= 4 is 23.2 Å².